The van der Waals surface area contributed by atoms with E-state index in [9.17, 15) is 8.42 Å². The molecule has 0 aliphatic carbocycles. The lowest BCUT2D eigenvalue weighted by Crippen LogP contribution is -2.24. The van der Waals surface area contributed by atoms with Gasteiger partial charge in [-0.15, -0.1) is 11.3 Å². The van der Waals surface area contributed by atoms with Crippen LogP contribution in [0, 0.1) is 20.8 Å². The van der Waals surface area contributed by atoms with Gasteiger partial charge in [-0.05, 0) is 20.8 Å². The van der Waals surface area contributed by atoms with Crippen LogP contribution in [0.5, 0.6) is 0 Å². The Bertz CT molecular complexity index is 940. The molecule has 2 aromatic heterocycles. The number of hydrogen-bond acceptors (Lipinski definition) is 5. The number of H-pyrrole nitrogens is 1. The summed E-state index contributed by atoms with van der Waals surface area (Å²) in [5, 5.41) is 7.53. The summed E-state index contributed by atoms with van der Waals surface area (Å²) in [4.78, 5) is 5.66. The molecule has 0 aliphatic rings. The van der Waals surface area contributed by atoms with E-state index in [4.69, 9.17) is 0 Å². The third-order valence-electron chi connectivity index (χ3n) is 3.67. The smallest absolute Gasteiger partial charge is 0.244 e. The third-order valence-corrected chi connectivity index (χ3v) is 6.54. The highest BCUT2D eigenvalue weighted by atomic mass is 32.2. The molecular weight excluding hydrogens is 344 g/mol. The lowest BCUT2D eigenvalue weighted by Gasteiger charge is -2.06. The van der Waals surface area contributed by atoms with Gasteiger partial charge in [0.15, 0.2) is 0 Å². The van der Waals surface area contributed by atoms with E-state index in [2.05, 4.69) is 19.9 Å². The van der Waals surface area contributed by atoms with Crippen LogP contribution in [0.15, 0.2) is 35.2 Å². The fourth-order valence-electron chi connectivity index (χ4n) is 2.47. The van der Waals surface area contributed by atoms with Gasteiger partial charge >= 0.3 is 0 Å². The highest BCUT2D eigenvalue weighted by Gasteiger charge is 2.22. The van der Waals surface area contributed by atoms with E-state index in [1.54, 1.807) is 13.8 Å². The number of rotatable bonds is 5. The van der Waals surface area contributed by atoms with Gasteiger partial charge in [-0.25, -0.2) is 18.1 Å². The van der Waals surface area contributed by atoms with Gasteiger partial charge < -0.3 is 0 Å². The fraction of sp³-hybridized carbons (Fsp3) is 0.250. The lowest BCUT2D eigenvalue weighted by atomic mass is 10.2. The molecule has 0 aliphatic heterocycles. The molecule has 126 valence electrons. The Labute approximate surface area is 145 Å². The number of aryl methyl sites for hydroxylation is 3. The number of hydrogen-bond donors (Lipinski definition) is 2. The minimum absolute atomic E-state index is 0.211. The molecule has 0 radical (unpaired) electrons. The number of benzene rings is 1. The van der Waals surface area contributed by atoms with Gasteiger partial charge in [-0.1, -0.05) is 30.3 Å². The molecule has 0 saturated heterocycles. The number of thiazole rings is 1. The molecular formula is C16H18N4O2S2. The van der Waals surface area contributed by atoms with E-state index < -0.39 is 10.0 Å². The average Bonchev–Trinajstić information content (AvgIpc) is 3.09. The molecule has 8 heteroatoms. The Balaban J connectivity index is 1.82. The van der Waals surface area contributed by atoms with Crippen molar-refractivity contribution in [3.05, 3.63) is 52.3 Å². The van der Waals surface area contributed by atoms with Crippen LogP contribution in [0.4, 0.5) is 0 Å². The summed E-state index contributed by atoms with van der Waals surface area (Å²) >= 11 is 1.50. The second-order valence-electron chi connectivity index (χ2n) is 5.48. The summed E-state index contributed by atoms with van der Waals surface area (Å²) in [6, 6.07) is 9.85. The standard InChI is InChI=1S/C16H18N4O2S2/c1-10-14(23-16(18-10)13-7-5-4-6-8-13)9-17-24(21,22)15-11(2)19-20-12(15)3/h4-8,17H,9H2,1-3H3,(H,19,20). The first-order valence-corrected chi connectivity index (χ1v) is 9.71. The van der Waals surface area contributed by atoms with Crippen molar-refractivity contribution in [2.75, 3.05) is 0 Å². The maximum Gasteiger partial charge on any atom is 0.244 e. The van der Waals surface area contributed by atoms with Crippen molar-refractivity contribution in [3.63, 3.8) is 0 Å². The van der Waals surface area contributed by atoms with E-state index in [0.29, 0.717) is 11.4 Å². The quantitative estimate of drug-likeness (QED) is 0.730. The van der Waals surface area contributed by atoms with Crippen molar-refractivity contribution in [2.24, 2.45) is 0 Å². The number of nitrogens with zero attached hydrogens (tertiary/aromatic N) is 2. The van der Waals surface area contributed by atoms with Crippen molar-refractivity contribution in [1.82, 2.24) is 19.9 Å². The number of aromatic nitrogens is 3. The number of sulfonamides is 1. The summed E-state index contributed by atoms with van der Waals surface area (Å²) in [5.41, 5.74) is 2.86. The van der Waals surface area contributed by atoms with E-state index in [0.717, 1.165) is 21.1 Å². The minimum atomic E-state index is -3.61. The van der Waals surface area contributed by atoms with Crippen molar-refractivity contribution in [3.8, 4) is 10.6 Å². The van der Waals surface area contributed by atoms with Crippen LogP contribution in [0.1, 0.15) is 22.0 Å². The number of aromatic amines is 1. The molecule has 0 bridgehead atoms. The Morgan fingerprint density at radius 1 is 1.12 bits per heavy atom. The lowest BCUT2D eigenvalue weighted by molar-refractivity contribution is 0.580. The molecule has 0 unspecified atom stereocenters. The summed E-state index contributed by atoms with van der Waals surface area (Å²) in [7, 11) is -3.61. The van der Waals surface area contributed by atoms with Gasteiger partial charge in [-0.3, -0.25) is 5.10 Å². The average molecular weight is 362 g/mol. The summed E-state index contributed by atoms with van der Waals surface area (Å²) < 4.78 is 27.7. The van der Waals surface area contributed by atoms with E-state index in [-0.39, 0.29) is 11.4 Å². The normalized spacial score (nSPS) is 11.8. The Morgan fingerprint density at radius 2 is 1.83 bits per heavy atom. The second kappa shape index (κ2) is 6.46. The SMILES string of the molecule is Cc1nc(-c2ccccc2)sc1CNS(=O)(=O)c1c(C)n[nH]c1C. The van der Waals surface area contributed by atoms with Gasteiger partial charge in [0.1, 0.15) is 9.90 Å². The summed E-state index contributed by atoms with van der Waals surface area (Å²) in [6.07, 6.45) is 0. The molecule has 0 fully saturated rings. The van der Waals surface area contributed by atoms with Crippen LogP contribution in [0.25, 0.3) is 10.6 Å². The van der Waals surface area contributed by atoms with E-state index in [1.807, 2.05) is 37.3 Å². The van der Waals surface area contributed by atoms with Gasteiger partial charge in [0, 0.05) is 17.0 Å². The molecule has 2 heterocycles. The van der Waals surface area contributed by atoms with Crippen molar-refractivity contribution < 1.29 is 8.42 Å². The second-order valence-corrected chi connectivity index (χ2v) is 8.27. The van der Waals surface area contributed by atoms with Gasteiger partial charge in [0.25, 0.3) is 0 Å². The maximum absolute atomic E-state index is 12.5. The molecule has 24 heavy (non-hydrogen) atoms. The molecule has 0 spiro atoms. The fourth-order valence-corrected chi connectivity index (χ4v) is 4.93. The van der Waals surface area contributed by atoms with E-state index in [1.165, 1.54) is 11.3 Å². The molecule has 3 rings (SSSR count). The highest BCUT2D eigenvalue weighted by molar-refractivity contribution is 7.89. The van der Waals surface area contributed by atoms with Crippen LogP contribution in [0.3, 0.4) is 0 Å². The zero-order chi connectivity index (χ0) is 17.3. The Hall–Kier alpha value is -2.03. The van der Waals surface area contributed by atoms with Crippen molar-refractivity contribution in [2.45, 2.75) is 32.2 Å². The largest absolute Gasteiger partial charge is 0.281 e. The van der Waals surface area contributed by atoms with Crippen molar-refractivity contribution >= 4 is 21.4 Å². The zero-order valence-electron chi connectivity index (χ0n) is 13.6. The van der Waals surface area contributed by atoms with E-state index >= 15 is 0 Å². The van der Waals surface area contributed by atoms with Crippen LogP contribution >= 0.6 is 11.3 Å². The van der Waals surface area contributed by atoms with Crippen molar-refractivity contribution in [1.29, 1.82) is 0 Å². The first-order valence-electron chi connectivity index (χ1n) is 7.41. The maximum atomic E-state index is 12.5. The molecule has 2 N–H and O–H groups in total. The summed E-state index contributed by atoms with van der Waals surface area (Å²) in [5.74, 6) is 0. The van der Waals surface area contributed by atoms with Gasteiger partial charge in [0.05, 0.1) is 17.1 Å². The van der Waals surface area contributed by atoms with Gasteiger partial charge in [-0.2, -0.15) is 5.10 Å². The third kappa shape index (κ3) is 3.26. The number of nitrogens with one attached hydrogen (secondary N) is 2. The molecule has 0 atom stereocenters. The first-order chi connectivity index (χ1) is 11.4. The van der Waals surface area contributed by atoms with Gasteiger partial charge in [0.2, 0.25) is 10.0 Å². The van der Waals surface area contributed by atoms with Crippen LogP contribution in [-0.4, -0.2) is 23.6 Å². The molecule has 3 aromatic rings. The Morgan fingerprint density at radius 3 is 2.46 bits per heavy atom. The Kier molecular flexibility index (Phi) is 4.53. The predicted octanol–water partition coefficient (Wildman–Crippen LogP) is 2.94. The molecule has 6 nitrogen and oxygen atoms in total. The molecule has 0 saturated carbocycles. The summed E-state index contributed by atoms with van der Waals surface area (Å²) in [6.45, 7) is 5.47. The molecule has 1 aromatic carbocycles. The first kappa shape index (κ1) is 16.8. The predicted molar refractivity (Wildman–Crippen MR) is 94.4 cm³/mol. The zero-order valence-corrected chi connectivity index (χ0v) is 15.3. The van der Waals surface area contributed by atoms with Crippen LogP contribution < -0.4 is 4.72 Å². The van der Waals surface area contributed by atoms with Crippen LogP contribution in [-0.2, 0) is 16.6 Å². The topological polar surface area (TPSA) is 87.7 Å². The van der Waals surface area contributed by atoms with Crippen LogP contribution in [0.2, 0.25) is 0 Å². The minimum Gasteiger partial charge on any atom is -0.281 e. The monoisotopic (exact) mass is 362 g/mol. The highest BCUT2D eigenvalue weighted by Crippen LogP contribution is 2.28. The molecule has 0 amide bonds.